The van der Waals surface area contributed by atoms with E-state index < -0.39 is 6.10 Å². The molecule has 1 unspecified atom stereocenters. The molecular weight excluding hydrogens is 280 g/mol. The van der Waals surface area contributed by atoms with Crippen LogP contribution in [0.2, 0.25) is 0 Å². The summed E-state index contributed by atoms with van der Waals surface area (Å²) in [6.07, 6.45) is 12.7. The van der Waals surface area contributed by atoms with E-state index in [2.05, 4.69) is 12.2 Å². The van der Waals surface area contributed by atoms with Crippen LogP contribution in [0.1, 0.15) is 51.4 Å². The first-order chi connectivity index (χ1) is 10.8. The summed E-state index contributed by atoms with van der Waals surface area (Å²) in [5.41, 5.74) is 0. The van der Waals surface area contributed by atoms with Crippen LogP contribution >= 0.6 is 0 Å². The molecule has 2 aliphatic heterocycles. The summed E-state index contributed by atoms with van der Waals surface area (Å²) >= 11 is 0. The van der Waals surface area contributed by atoms with E-state index in [1.165, 1.54) is 32.1 Å². The summed E-state index contributed by atoms with van der Waals surface area (Å²) in [6, 6.07) is 0. The number of hydrogen-bond acceptors (Lipinski definition) is 3. The third-order valence-corrected chi connectivity index (χ3v) is 5.19. The molecular formula is C18H29O4. The van der Waals surface area contributed by atoms with Crippen molar-refractivity contribution < 1.29 is 19.3 Å². The fourth-order valence-corrected chi connectivity index (χ4v) is 3.77. The standard InChI is InChI=1S/C18H29O4/c19-16-10-12-20-13-15(16)8-9-17(14-5-1-2-6-14)22-18-7-3-4-11-21-18/h8-9,14-18H,1-7,10-13H2/t15-,16-,17-,18?/m1/s1. The largest absolute Gasteiger partial charge is 0.381 e. The van der Waals surface area contributed by atoms with Gasteiger partial charge in [0.05, 0.1) is 12.7 Å². The Balaban J connectivity index is 1.59. The van der Waals surface area contributed by atoms with E-state index in [-0.39, 0.29) is 18.3 Å². The molecule has 0 N–H and O–H groups in total. The van der Waals surface area contributed by atoms with Gasteiger partial charge in [-0.1, -0.05) is 25.0 Å². The lowest BCUT2D eigenvalue weighted by molar-refractivity contribution is -0.187. The van der Waals surface area contributed by atoms with Gasteiger partial charge in [0.15, 0.2) is 6.29 Å². The molecule has 3 aliphatic rings. The summed E-state index contributed by atoms with van der Waals surface area (Å²) in [7, 11) is 0. The highest BCUT2D eigenvalue weighted by molar-refractivity contribution is 5.00. The number of hydrogen-bond donors (Lipinski definition) is 0. The van der Waals surface area contributed by atoms with Crippen LogP contribution < -0.4 is 0 Å². The summed E-state index contributed by atoms with van der Waals surface area (Å²) in [4.78, 5) is 0. The Bertz CT molecular complexity index is 345. The summed E-state index contributed by atoms with van der Waals surface area (Å²) in [5, 5.41) is 12.0. The van der Waals surface area contributed by atoms with E-state index in [1.54, 1.807) is 0 Å². The molecule has 1 aliphatic carbocycles. The molecule has 0 aromatic carbocycles. The van der Waals surface area contributed by atoms with Gasteiger partial charge in [-0.2, -0.15) is 0 Å². The van der Waals surface area contributed by atoms with Crippen LogP contribution in [-0.4, -0.2) is 38.3 Å². The smallest absolute Gasteiger partial charge is 0.158 e. The third kappa shape index (κ3) is 4.54. The molecule has 0 bridgehead atoms. The van der Waals surface area contributed by atoms with Gasteiger partial charge in [-0.15, -0.1) is 0 Å². The van der Waals surface area contributed by atoms with Crippen molar-refractivity contribution in [2.24, 2.45) is 11.8 Å². The lowest BCUT2D eigenvalue weighted by Crippen LogP contribution is -2.32. The Hall–Kier alpha value is -0.420. The quantitative estimate of drug-likeness (QED) is 0.730. The second-order valence-electron chi connectivity index (χ2n) is 6.89. The van der Waals surface area contributed by atoms with E-state index in [4.69, 9.17) is 14.2 Å². The molecule has 4 atom stereocenters. The average molecular weight is 309 g/mol. The molecule has 125 valence electrons. The minimum atomic E-state index is -0.528. The van der Waals surface area contributed by atoms with Gasteiger partial charge in [0.25, 0.3) is 0 Å². The second kappa shape index (κ2) is 8.44. The van der Waals surface area contributed by atoms with Gasteiger partial charge >= 0.3 is 0 Å². The first-order valence-corrected chi connectivity index (χ1v) is 9.02. The van der Waals surface area contributed by atoms with Gasteiger partial charge in [-0.25, -0.2) is 5.11 Å². The van der Waals surface area contributed by atoms with Crippen molar-refractivity contribution in [3.8, 4) is 0 Å². The summed E-state index contributed by atoms with van der Waals surface area (Å²) in [6.45, 7) is 1.98. The number of ether oxygens (including phenoxy) is 3. The monoisotopic (exact) mass is 309 g/mol. The second-order valence-corrected chi connectivity index (χ2v) is 6.89. The molecule has 4 heteroatoms. The molecule has 2 heterocycles. The Labute approximate surface area is 133 Å². The predicted octanol–water partition coefficient (Wildman–Crippen LogP) is 3.48. The molecule has 4 nitrogen and oxygen atoms in total. The zero-order valence-electron chi connectivity index (χ0n) is 13.5. The lowest BCUT2D eigenvalue weighted by atomic mass is 9.94. The zero-order valence-corrected chi connectivity index (χ0v) is 13.5. The fraction of sp³-hybridized carbons (Fsp3) is 0.889. The van der Waals surface area contributed by atoms with Crippen molar-refractivity contribution in [3.63, 3.8) is 0 Å². The molecule has 2 saturated heterocycles. The molecule has 0 aromatic rings. The SMILES string of the molecule is [O][C@@H]1CCOC[C@H]1C=C[C@@H](OC1CCCCO1)C1CCCC1. The molecule has 0 amide bonds. The van der Waals surface area contributed by atoms with Crippen molar-refractivity contribution in [2.45, 2.75) is 69.9 Å². The van der Waals surface area contributed by atoms with Crippen LogP contribution in [0.5, 0.6) is 0 Å². The van der Waals surface area contributed by atoms with Gasteiger partial charge in [-0.05, 0) is 38.0 Å². The maximum atomic E-state index is 12.0. The highest BCUT2D eigenvalue weighted by atomic mass is 16.7. The molecule has 1 radical (unpaired) electrons. The van der Waals surface area contributed by atoms with Crippen LogP contribution in [-0.2, 0) is 19.3 Å². The average Bonchev–Trinajstić information content (AvgIpc) is 3.08. The van der Waals surface area contributed by atoms with Crippen molar-refractivity contribution in [1.29, 1.82) is 0 Å². The molecule has 0 spiro atoms. The van der Waals surface area contributed by atoms with Crippen molar-refractivity contribution >= 4 is 0 Å². The minimum Gasteiger partial charge on any atom is -0.381 e. The predicted molar refractivity (Wildman–Crippen MR) is 83.0 cm³/mol. The number of rotatable bonds is 5. The van der Waals surface area contributed by atoms with Gasteiger partial charge in [0.1, 0.15) is 6.10 Å². The lowest BCUT2D eigenvalue weighted by Gasteiger charge is -2.30. The van der Waals surface area contributed by atoms with Gasteiger partial charge in [0, 0.05) is 25.6 Å². The van der Waals surface area contributed by atoms with Gasteiger partial charge < -0.3 is 14.2 Å². The topological polar surface area (TPSA) is 47.6 Å². The third-order valence-electron chi connectivity index (χ3n) is 5.19. The zero-order chi connectivity index (χ0) is 15.2. The normalized spacial score (nSPS) is 36.0. The highest BCUT2D eigenvalue weighted by Crippen LogP contribution is 2.32. The molecule has 22 heavy (non-hydrogen) atoms. The Kier molecular flexibility index (Phi) is 6.30. The Morgan fingerprint density at radius 1 is 1.00 bits per heavy atom. The maximum Gasteiger partial charge on any atom is 0.158 e. The van der Waals surface area contributed by atoms with E-state index in [9.17, 15) is 5.11 Å². The first-order valence-electron chi connectivity index (χ1n) is 9.02. The molecule has 3 rings (SSSR count). The van der Waals surface area contributed by atoms with E-state index in [0.29, 0.717) is 25.6 Å². The first kappa shape index (κ1) is 16.4. The van der Waals surface area contributed by atoms with Crippen molar-refractivity contribution in [1.82, 2.24) is 0 Å². The van der Waals surface area contributed by atoms with Gasteiger partial charge in [0.2, 0.25) is 0 Å². The van der Waals surface area contributed by atoms with E-state index >= 15 is 0 Å². The Morgan fingerprint density at radius 2 is 1.82 bits per heavy atom. The summed E-state index contributed by atoms with van der Waals surface area (Å²) in [5.74, 6) is 0.574. The van der Waals surface area contributed by atoms with E-state index in [0.717, 1.165) is 19.4 Å². The minimum absolute atomic E-state index is 0.00599. The van der Waals surface area contributed by atoms with Crippen molar-refractivity contribution in [2.75, 3.05) is 19.8 Å². The van der Waals surface area contributed by atoms with Crippen LogP contribution in [0.25, 0.3) is 0 Å². The van der Waals surface area contributed by atoms with Crippen LogP contribution in [0.15, 0.2) is 12.2 Å². The Morgan fingerprint density at radius 3 is 2.55 bits per heavy atom. The molecule has 1 saturated carbocycles. The van der Waals surface area contributed by atoms with Crippen LogP contribution in [0.4, 0.5) is 0 Å². The maximum absolute atomic E-state index is 12.0. The fourth-order valence-electron chi connectivity index (χ4n) is 3.77. The van der Waals surface area contributed by atoms with Gasteiger partial charge in [-0.3, -0.25) is 0 Å². The van der Waals surface area contributed by atoms with Crippen LogP contribution in [0.3, 0.4) is 0 Å². The summed E-state index contributed by atoms with van der Waals surface area (Å²) < 4.78 is 17.4. The van der Waals surface area contributed by atoms with Crippen LogP contribution in [0, 0.1) is 11.8 Å². The van der Waals surface area contributed by atoms with E-state index in [1.807, 2.05) is 0 Å². The van der Waals surface area contributed by atoms with Crippen molar-refractivity contribution in [3.05, 3.63) is 12.2 Å². The molecule has 3 fully saturated rings. The molecule has 0 aromatic heterocycles. The highest BCUT2D eigenvalue weighted by Gasteiger charge is 2.29.